The Morgan fingerprint density at radius 1 is 1.08 bits per heavy atom. The standard InChI is InChI=1S/C19H23NO3S/c1-15-7-9-17(10-8-15)14-24(21,22)20-11-12-23-19(13-20)18-6-4-3-5-16(18)2/h3-10,19H,11-14H2,1-2H3. The van der Waals surface area contributed by atoms with Gasteiger partial charge in [-0.3, -0.25) is 0 Å². The maximum Gasteiger partial charge on any atom is 0.218 e. The van der Waals surface area contributed by atoms with Crippen LogP contribution < -0.4 is 0 Å². The van der Waals surface area contributed by atoms with Crippen LogP contribution in [0.15, 0.2) is 48.5 Å². The molecule has 0 aliphatic carbocycles. The minimum atomic E-state index is -3.35. The summed E-state index contributed by atoms with van der Waals surface area (Å²) in [5.74, 6) is 0.0355. The first kappa shape index (κ1) is 17.1. The van der Waals surface area contributed by atoms with Crippen molar-refractivity contribution in [3.05, 3.63) is 70.8 Å². The van der Waals surface area contributed by atoms with E-state index in [9.17, 15) is 8.42 Å². The first-order valence-electron chi connectivity index (χ1n) is 8.16. The lowest BCUT2D eigenvalue weighted by Crippen LogP contribution is -2.42. The molecule has 2 aromatic rings. The number of nitrogens with zero attached hydrogens (tertiary/aromatic N) is 1. The van der Waals surface area contributed by atoms with E-state index < -0.39 is 10.0 Å². The summed E-state index contributed by atoms with van der Waals surface area (Å²) in [4.78, 5) is 0. The van der Waals surface area contributed by atoms with Gasteiger partial charge < -0.3 is 4.74 Å². The smallest absolute Gasteiger partial charge is 0.218 e. The highest BCUT2D eigenvalue weighted by molar-refractivity contribution is 7.88. The van der Waals surface area contributed by atoms with Crippen LogP contribution in [-0.4, -0.2) is 32.4 Å². The molecule has 0 radical (unpaired) electrons. The molecule has 1 atom stereocenters. The number of sulfonamides is 1. The molecule has 1 fully saturated rings. The molecule has 0 bridgehead atoms. The van der Waals surface area contributed by atoms with Crippen LogP contribution in [0.3, 0.4) is 0 Å². The van der Waals surface area contributed by atoms with Gasteiger partial charge in [-0.05, 0) is 30.5 Å². The zero-order valence-electron chi connectivity index (χ0n) is 14.1. The molecule has 3 rings (SSSR count). The number of hydrogen-bond acceptors (Lipinski definition) is 3. The van der Waals surface area contributed by atoms with E-state index in [0.717, 1.165) is 22.3 Å². The summed E-state index contributed by atoms with van der Waals surface area (Å²) in [6.45, 7) is 5.23. The summed E-state index contributed by atoms with van der Waals surface area (Å²) >= 11 is 0. The lowest BCUT2D eigenvalue weighted by molar-refractivity contribution is -0.00293. The van der Waals surface area contributed by atoms with Crippen LogP contribution in [-0.2, 0) is 20.5 Å². The molecular weight excluding hydrogens is 322 g/mol. The Balaban J connectivity index is 1.76. The van der Waals surface area contributed by atoms with Gasteiger partial charge in [0.15, 0.2) is 0 Å². The maximum absolute atomic E-state index is 12.8. The molecule has 1 unspecified atom stereocenters. The summed E-state index contributed by atoms with van der Waals surface area (Å²) in [6.07, 6.45) is -0.201. The predicted octanol–water partition coefficient (Wildman–Crippen LogP) is 3.21. The molecule has 0 amide bonds. The van der Waals surface area contributed by atoms with Gasteiger partial charge in [0.2, 0.25) is 10.0 Å². The highest BCUT2D eigenvalue weighted by atomic mass is 32.2. The molecule has 0 saturated carbocycles. The van der Waals surface area contributed by atoms with Crippen LogP contribution in [0.5, 0.6) is 0 Å². The molecule has 1 heterocycles. The highest BCUT2D eigenvalue weighted by Crippen LogP contribution is 2.27. The summed E-state index contributed by atoms with van der Waals surface area (Å²) in [7, 11) is -3.35. The van der Waals surface area contributed by atoms with Crippen molar-refractivity contribution in [3.8, 4) is 0 Å². The molecule has 2 aromatic carbocycles. The fraction of sp³-hybridized carbons (Fsp3) is 0.368. The van der Waals surface area contributed by atoms with E-state index in [-0.39, 0.29) is 11.9 Å². The predicted molar refractivity (Wildman–Crippen MR) is 95.2 cm³/mol. The van der Waals surface area contributed by atoms with E-state index in [4.69, 9.17) is 4.74 Å². The Labute approximate surface area is 144 Å². The first-order chi connectivity index (χ1) is 11.5. The summed E-state index contributed by atoms with van der Waals surface area (Å²) in [6, 6.07) is 15.6. The molecular formula is C19H23NO3S. The van der Waals surface area contributed by atoms with Gasteiger partial charge in [-0.15, -0.1) is 0 Å². The van der Waals surface area contributed by atoms with Crippen LogP contribution in [0.2, 0.25) is 0 Å². The van der Waals surface area contributed by atoms with Gasteiger partial charge in [-0.25, -0.2) is 8.42 Å². The number of ether oxygens (including phenoxy) is 1. The monoisotopic (exact) mass is 345 g/mol. The van der Waals surface area contributed by atoms with Crippen molar-refractivity contribution in [2.24, 2.45) is 0 Å². The van der Waals surface area contributed by atoms with Crippen LogP contribution in [0.25, 0.3) is 0 Å². The second kappa shape index (κ2) is 7.05. The van der Waals surface area contributed by atoms with E-state index in [2.05, 4.69) is 0 Å². The van der Waals surface area contributed by atoms with Crippen LogP contribution in [0.1, 0.15) is 28.4 Å². The minimum absolute atomic E-state index is 0.0355. The van der Waals surface area contributed by atoms with E-state index in [0.29, 0.717) is 19.7 Å². The molecule has 1 aliphatic heterocycles. The normalized spacial score (nSPS) is 19.3. The molecule has 5 heteroatoms. The number of morpholine rings is 1. The number of rotatable bonds is 4. The van der Waals surface area contributed by atoms with Crippen LogP contribution in [0.4, 0.5) is 0 Å². The third kappa shape index (κ3) is 3.86. The Kier molecular flexibility index (Phi) is 5.04. The molecule has 0 N–H and O–H groups in total. The van der Waals surface area contributed by atoms with Gasteiger partial charge in [0.1, 0.15) is 0 Å². The van der Waals surface area contributed by atoms with E-state index in [1.54, 1.807) is 4.31 Å². The Bertz CT molecular complexity index is 800. The van der Waals surface area contributed by atoms with Gasteiger partial charge in [-0.1, -0.05) is 54.1 Å². The maximum atomic E-state index is 12.8. The Morgan fingerprint density at radius 3 is 2.50 bits per heavy atom. The summed E-state index contributed by atoms with van der Waals surface area (Å²) in [5, 5.41) is 0. The Hall–Kier alpha value is -1.69. The van der Waals surface area contributed by atoms with Gasteiger partial charge in [-0.2, -0.15) is 4.31 Å². The SMILES string of the molecule is Cc1ccc(CS(=O)(=O)N2CCOC(c3ccccc3C)C2)cc1. The third-order valence-electron chi connectivity index (χ3n) is 4.43. The number of benzene rings is 2. The second-order valence-corrected chi connectivity index (χ2v) is 8.28. The van der Waals surface area contributed by atoms with Crippen LogP contribution in [0, 0.1) is 13.8 Å². The zero-order valence-corrected chi connectivity index (χ0v) is 14.9. The summed E-state index contributed by atoms with van der Waals surface area (Å²) in [5.41, 5.74) is 4.13. The van der Waals surface area contributed by atoms with E-state index >= 15 is 0 Å². The van der Waals surface area contributed by atoms with Gasteiger partial charge >= 0.3 is 0 Å². The molecule has 128 valence electrons. The van der Waals surface area contributed by atoms with Gasteiger partial charge in [0, 0.05) is 13.1 Å². The third-order valence-corrected chi connectivity index (χ3v) is 6.24. The van der Waals surface area contributed by atoms with Crippen molar-refractivity contribution in [1.29, 1.82) is 0 Å². The second-order valence-electron chi connectivity index (χ2n) is 6.32. The largest absolute Gasteiger partial charge is 0.371 e. The minimum Gasteiger partial charge on any atom is -0.371 e. The lowest BCUT2D eigenvalue weighted by atomic mass is 10.0. The van der Waals surface area contributed by atoms with E-state index in [1.807, 2.05) is 62.4 Å². The first-order valence-corrected chi connectivity index (χ1v) is 9.77. The van der Waals surface area contributed by atoms with Crippen molar-refractivity contribution in [2.75, 3.05) is 19.7 Å². The average molecular weight is 345 g/mol. The number of aryl methyl sites for hydroxylation is 2. The van der Waals surface area contributed by atoms with E-state index in [1.165, 1.54) is 0 Å². The lowest BCUT2D eigenvalue weighted by Gasteiger charge is -2.33. The molecule has 0 aromatic heterocycles. The zero-order chi connectivity index (χ0) is 17.2. The van der Waals surface area contributed by atoms with Crippen molar-refractivity contribution in [2.45, 2.75) is 25.7 Å². The highest BCUT2D eigenvalue weighted by Gasteiger charge is 2.30. The van der Waals surface area contributed by atoms with Crippen molar-refractivity contribution in [3.63, 3.8) is 0 Å². The van der Waals surface area contributed by atoms with Crippen LogP contribution >= 0.6 is 0 Å². The Morgan fingerprint density at radius 2 is 1.79 bits per heavy atom. The molecule has 1 aliphatic rings. The molecule has 4 nitrogen and oxygen atoms in total. The fourth-order valence-corrected chi connectivity index (χ4v) is 4.51. The topological polar surface area (TPSA) is 46.6 Å². The fourth-order valence-electron chi connectivity index (χ4n) is 3.00. The van der Waals surface area contributed by atoms with Gasteiger partial charge in [0.25, 0.3) is 0 Å². The van der Waals surface area contributed by atoms with Crippen molar-refractivity contribution < 1.29 is 13.2 Å². The van der Waals surface area contributed by atoms with Crippen molar-refractivity contribution >= 4 is 10.0 Å². The van der Waals surface area contributed by atoms with Crippen molar-refractivity contribution in [1.82, 2.24) is 4.31 Å². The van der Waals surface area contributed by atoms with Gasteiger partial charge in [0.05, 0.1) is 18.5 Å². The molecule has 1 saturated heterocycles. The average Bonchev–Trinajstić information content (AvgIpc) is 2.57. The molecule has 0 spiro atoms. The number of hydrogen-bond donors (Lipinski definition) is 0. The summed E-state index contributed by atoms with van der Waals surface area (Å²) < 4.78 is 32.9. The molecule has 24 heavy (non-hydrogen) atoms. The quantitative estimate of drug-likeness (QED) is 0.855.